The highest BCUT2D eigenvalue weighted by molar-refractivity contribution is 5.92. The number of rotatable bonds is 16. The number of ketones is 1. The third-order valence-electron chi connectivity index (χ3n) is 4.90. The van der Waals surface area contributed by atoms with Crippen LogP contribution in [0.2, 0.25) is 0 Å². The normalized spacial score (nSPS) is 11.9. The molecule has 0 radical (unpaired) electrons. The van der Waals surface area contributed by atoms with E-state index in [1.165, 1.54) is 12.8 Å². The van der Waals surface area contributed by atoms with Gasteiger partial charge in [0.05, 0.1) is 0 Å². The van der Waals surface area contributed by atoms with E-state index in [4.69, 9.17) is 10.2 Å². The maximum absolute atomic E-state index is 11.9. The van der Waals surface area contributed by atoms with Crippen LogP contribution in [0.3, 0.4) is 0 Å². The van der Waals surface area contributed by atoms with Crippen LogP contribution in [0.1, 0.15) is 98.3 Å². The highest BCUT2D eigenvalue weighted by Crippen LogP contribution is 2.32. The molecule has 0 aliphatic heterocycles. The summed E-state index contributed by atoms with van der Waals surface area (Å²) in [6.45, 7) is 8.26. The lowest BCUT2D eigenvalue weighted by molar-refractivity contribution is -0.156. The Balaban J connectivity index is 3.85. The largest absolute Gasteiger partial charge is 0.481 e. The highest BCUT2D eigenvalue weighted by Gasteiger charge is 2.32. The molecule has 0 amide bonds. The van der Waals surface area contributed by atoms with Gasteiger partial charge in [-0.1, -0.05) is 59.8 Å². The summed E-state index contributed by atoms with van der Waals surface area (Å²) in [5.41, 5.74) is -0.331. The average molecular weight is 371 g/mol. The van der Waals surface area contributed by atoms with E-state index in [9.17, 15) is 14.4 Å². The van der Waals surface area contributed by atoms with Gasteiger partial charge < -0.3 is 10.2 Å². The van der Waals surface area contributed by atoms with Crippen molar-refractivity contribution in [3.63, 3.8) is 0 Å². The summed E-state index contributed by atoms with van der Waals surface area (Å²) in [5, 5.41) is 18.0. The lowest BCUT2D eigenvalue weighted by Crippen LogP contribution is -2.29. The first-order valence-corrected chi connectivity index (χ1v) is 10.0. The molecule has 0 fully saturated rings. The molecule has 26 heavy (non-hydrogen) atoms. The van der Waals surface area contributed by atoms with Crippen molar-refractivity contribution in [2.45, 2.75) is 98.3 Å². The fourth-order valence-corrected chi connectivity index (χ4v) is 3.21. The summed E-state index contributed by atoms with van der Waals surface area (Å²) in [7, 11) is 0. The van der Waals surface area contributed by atoms with Crippen LogP contribution in [-0.4, -0.2) is 27.9 Å². The summed E-state index contributed by atoms with van der Waals surface area (Å²) in [5.74, 6) is -2.82. The van der Waals surface area contributed by atoms with Gasteiger partial charge in [-0.15, -0.1) is 0 Å². The van der Waals surface area contributed by atoms with Gasteiger partial charge in [-0.25, -0.2) is 0 Å². The van der Waals surface area contributed by atoms with Crippen LogP contribution in [0.25, 0.3) is 0 Å². The number of hydrogen-bond donors (Lipinski definition) is 2. The summed E-state index contributed by atoms with van der Waals surface area (Å²) in [6, 6.07) is 0. The maximum atomic E-state index is 11.9. The Morgan fingerprint density at radius 1 is 0.808 bits per heavy atom. The van der Waals surface area contributed by atoms with E-state index < -0.39 is 17.9 Å². The van der Waals surface area contributed by atoms with Crippen LogP contribution in [0, 0.1) is 17.3 Å². The molecule has 0 bridgehead atoms. The third-order valence-corrected chi connectivity index (χ3v) is 4.90. The number of carboxylic acids is 2. The zero-order chi connectivity index (χ0) is 20.2. The molecule has 152 valence electrons. The minimum atomic E-state index is -1.35. The number of unbranched alkanes of at least 4 members (excludes halogenated alkanes) is 4. The number of carbonyl (C=O) groups is 3. The predicted octanol–water partition coefficient (Wildman–Crippen LogP) is 5.31. The van der Waals surface area contributed by atoms with Gasteiger partial charge >= 0.3 is 11.9 Å². The van der Waals surface area contributed by atoms with Crippen molar-refractivity contribution in [2.24, 2.45) is 17.3 Å². The fraction of sp³-hybridized carbons (Fsp3) is 0.857. The number of hydrogen-bond acceptors (Lipinski definition) is 3. The van der Waals surface area contributed by atoms with E-state index >= 15 is 0 Å². The standard InChI is InChI=1S/C21H38O5/c1-16(2)11-7-5-8-12-17(22)13-9-6-10-14-21(3,4)15-18(19(23)24)20(25)26/h16,18H,5-15H2,1-4H3,(H,23,24)(H,25,26). The predicted molar refractivity (Wildman–Crippen MR) is 103 cm³/mol. The van der Waals surface area contributed by atoms with Gasteiger partial charge in [-0.05, 0) is 37.0 Å². The van der Waals surface area contributed by atoms with Gasteiger partial charge in [0.1, 0.15) is 5.78 Å². The van der Waals surface area contributed by atoms with Crippen molar-refractivity contribution in [1.29, 1.82) is 0 Å². The highest BCUT2D eigenvalue weighted by atomic mass is 16.4. The molecule has 0 atom stereocenters. The minimum absolute atomic E-state index is 0.132. The van der Waals surface area contributed by atoms with E-state index in [-0.39, 0.29) is 11.8 Å². The summed E-state index contributed by atoms with van der Waals surface area (Å²) in [6.07, 6.45) is 9.44. The fourth-order valence-electron chi connectivity index (χ4n) is 3.21. The second-order valence-corrected chi connectivity index (χ2v) is 8.69. The van der Waals surface area contributed by atoms with E-state index in [1.54, 1.807) is 0 Å². The molecule has 0 aliphatic rings. The van der Waals surface area contributed by atoms with Gasteiger partial charge in [0.25, 0.3) is 0 Å². The van der Waals surface area contributed by atoms with Crippen molar-refractivity contribution in [3.05, 3.63) is 0 Å². The molecule has 0 aromatic rings. The summed E-state index contributed by atoms with van der Waals surface area (Å²) in [4.78, 5) is 33.9. The molecule has 0 aromatic carbocycles. The van der Waals surface area contributed by atoms with Crippen molar-refractivity contribution in [2.75, 3.05) is 0 Å². The molecule has 0 aromatic heterocycles. The third kappa shape index (κ3) is 12.9. The Kier molecular flexibility index (Phi) is 12.2. The molecule has 0 rings (SSSR count). The number of carbonyl (C=O) groups excluding carboxylic acids is 1. The molecular weight excluding hydrogens is 332 g/mol. The van der Waals surface area contributed by atoms with Crippen molar-refractivity contribution >= 4 is 17.7 Å². The summed E-state index contributed by atoms with van der Waals surface area (Å²) < 4.78 is 0. The minimum Gasteiger partial charge on any atom is -0.481 e. The Morgan fingerprint density at radius 2 is 1.31 bits per heavy atom. The van der Waals surface area contributed by atoms with Crippen molar-refractivity contribution in [3.8, 4) is 0 Å². The number of Topliss-reactive ketones (excluding diaryl/α,β-unsaturated/α-hetero) is 1. The molecule has 0 heterocycles. The molecule has 5 heteroatoms. The Hall–Kier alpha value is -1.39. The lowest BCUT2D eigenvalue weighted by atomic mass is 9.78. The first-order valence-electron chi connectivity index (χ1n) is 10.0. The summed E-state index contributed by atoms with van der Waals surface area (Å²) >= 11 is 0. The Labute approximate surface area is 158 Å². The second kappa shape index (κ2) is 12.9. The molecule has 0 aliphatic carbocycles. The van der Waals surface area contributed by atoms with Crippen molar-refractivity contribution in [1.82, 2.24) is 0 Å². The molecule has 2 N–H and O–H groups in total. The SMILES string of the molecule is CC(C)CCCCCC(=O)CCCCCC(C)(C)CC(C(=O)O)C(=O)O. The molecule has 0 saturated carbocycles. The van der Waals surface area contributed by atoms with Crippen LogP contribution in [0.4, 0.5) is 0 Å². The quantitative estimate of drug-likeness (QED) is 0.283. The van der Waals surface area contributed by atoms with Gasteiger partial charge in [0.15, 0.2) is 5.92 Å². The van der Waals surface area contributed by atoms with Crippen LogP contribution in [-0.2, 0) is 14.4 Å². The van der Waals surface area contributed by atoms with Crippen LogP contribution >= 0.6 is 0 Å². The zero-order valence-corrected chi connectivity index (χ0v) is 17.1. The second-order valence-electron chi connectivity index (χ2n) is 8.69. The van der Waals surface area contributed by atoms with Gasteiger partial charge in [-0.3, -0.25) is 14.4 Å². The van der Waals surface area contributed by atoms with E-state index in [0.717, 1.165) is 44.4 Å². The van der Waals surface area contributed by atoms with Crippen LogP contribution in [0.15, 0.2) is 0 Å². The zero-order valence-electron chi connectivity index (χ0n) is 17.1. The molecule has 0 unspecified atom stereocenters. The number of carboxylic acid groups (broad SMARTS) is 2. The van der Waals surface area contributed by atoms with Gasteiger partial charge in [0.2, 0.25) is 0 Å². The average Bonchev–Trinajstić information content (AvgIpc) is 2.51. The van der Waals surface area contributed by atoms with Crippen LogP contribution in [0.5, 0.6) is 0 Å². The van der Waals surface area contributed by atoms with Crippen LogP contribution < -0.4 is 0 Å². The smallest absolute Gasteiger partial charge is 0.317 e. The first-order chi connectivity index (χ1) is 12.0. The van der Waals surface area contributed by atoms with Crippen molar-refractivity contribution < 1.29 is 24.6 Å². The molecule has 0 spiro atoms. The topological polar surface area (TPSA) is 91.7 Å². The van der Waals surface area contributed by atoms with E-state index in [2.05, 4.69) is 13.8 Å². The maximum Gasteiger partial charge on any atom is 0.317 e. The monoisotopic (exact) mass is 370 g/mol. The van der Waals surface area contributed by atoms with Gasteiger partial charge in [0, 0.05) is 12.8 Å². The van der Waals surface area contributed by atoms with E-state index in [1.807, 2.05) is 13.8 Å². The molecule has 5 nitrogen and oxygen atoms in total. The van der Waals surface area contributed by atoms with Gasteiger partial charge in [-0.2, -0.15) is 0 Å². The number of aliphatic carboxylic acids is 2. The Morgan fingerprint density at radius 3 is 1.77 bits per heavy atom. The Bertz CT molecular complexity index is 426. The molecule has 0 saturated heterocycles. The molecular formula is C21H38O5. The van der Waals surface area contributed by atoms with E-state index in [0.29, 0.717) is 18.6 Å². The lowest BCUT2D eigenvalue weighted by Gasteiger charge is -2.26. The first kappa shape index (κ1) is 24.6.